The minimum Gasteiger partial charge on any atom is -0.495 e. The van der Waals surface area contributed by atoms with Crippen LogP contribution in [0.5, 0.6) is 5.75 Å². The molecule has 2 aliphatic heterocycles. The van der Waals surface area contributed by atoms with Gasteiger partial charge < -0.3 is 18.6 Å². The molecule has 0 unspecified atom stereocenters. The minimum atomic E-state index is -2.07. The van der Waals surface area contributed by atoms with Gasteiger partial charge in [0.25, 0.3) is 5.91 Å². The molecule has 0 spiro atoms. The fourth-order valence-corrected chi connectivity index (χ4v) is 7.99. The van der Waals surface area contributed by atoms with Crippen molar-refractivity contribution in [3.8, 4) is 11.4 Å². The van der Waals surface area contributed by atoms with Crippen LogP contribution in [0.3, 0.4) is 0 Å². The van der Waals surface area contributed by atoms with E-state index in [-0.39, 0.29) is 34.4 Å². The van der Waals surface area contributed by atoms with Crippen molar-refractivity contribution in [3.05, 3.63) is 83.2 Å². The molecule has 2 aromatic carbocycles. The van der Waals surface area contributed by atoms with Crippen molar-refractivity contribution in [1.82, 2.24) is 14.5 Å². The van der Waals surface area contributed by atoms with Gasteiger partial charge in [-0.3, -0.25) is 4.79 Å². The van der Waals surface area contributed by atoms with Gasteiger partial charge in [0.1, 0.15) is 11.6 Å². The van der Waals surface area contributed by atoms with Crippen molar-refractivity contribution in [2.75, 3.05) is 7.11 Å². The second kappa shape index (κ2) is 11.1. The van der Waals surface area contributed by atoms with Gasteiger partial charge in [0.2, 0.25) is 0 Å². The number of fused-ring (bicyclic) bond motifs is 1. The molecule has 0 N–H and O–H groups in total. The molecule has 0 aliphatic carbocycles. The molecule has 1 aromatic heterocycles. The number of carbonyl (C=O) groups excluding carboxylic acids is 1. The average Bonchev–Trinajstić information content (AvgIpc) is 3.35. The SMILES string of the molecule is COc1cc(/C=C2\CC[C@@H]3C[C@@](C)(O[Si](C)(C)C(C)(C)C)C[C@@H](c4ccc(F)cc4)N3C2=O)ccc1-n1cnc(C)c1. The minimum absolute atomic E-state index is 0.0447. The molecule has 3 aromatic rings. The van der Waals surface area contributed by atoms with E-state index in [2.05, 4.69) is 50.7 Å². The van der Waals surface area contributed by atoms with Crippen molar-refractivity contribution in [2.24, 2.45) is 0 Å². The number of methoxy groups -OCH3 is 1. The zero-order chi connectivity index (χ0) is 30.4. The van der Waals surface area contributed by atoms with Gasteiger partial charge >= 0.3 is 0 Å². The summed E-state index contributed by atoms with van der Waals surface area (Å²) >= 11 is 0. The number of carbonyl (C=O) groups is 1. The summed E-state index contributed by atoms with van der Waals surface area (Å²) in [5, 5.41) is 0.0735. The first-order valence-corrected chi connectivity index (χ1v) is 17.8. The standard InChI is InChI=1S/C34H44FN3O3Si/c1-23-21-37(22-36-23)29-16-9-24(18-31(29)40-6)17-26-12-15-28-19-34(5,41-42(7,8)33(2,3)4)20-30(38(28)32(26)39)25-10-13-27(35)14-11-25/h9-11,13-14,16-18,21-22,28,30H,12,15,19-20H2,1-8H3/b26-17+/t28-,30+,34-/m1/s1. The van der Waals surface area contributed by atoms with E-state index in [4.69, 9.17) is 9.16 Å². The molecule has 0 radical (unpaired) electrons. The topological polar surface area (TPSA) is 56.6 Å². The van der Waals surface area contributed by atoms with Crippen molar-refractivity contribution in [1.29, 1.82) is 0 Å². The van der Waals surface area contributed by atoms with E-state index in [9.17, 15) is 9.18 Å². The van der Waals surface area contributed by atoms with Crippen LogP contribution >= 0.6 is 0 Å². The molecule has 42 heavy (non-hydrogen) atoms. The lowest BCUT2D eigenvalue weighted by molar-refractivity contribution is -0.143. The van der Waals surface area contributed by atoms with E-state index in [0.29, 0.717) is 18.6 Å². The number of piperidine rings is 2. The number of imidazole rings is 1. The Morgan fingerprint density at radius 2 is 1.83 bits per heavy atom. The second-order valence-corrected chi connectivity index (χ2v) is 18.4. The zero-order valence-electron chi connectivity index (χ0n) is 26.2. The number of halogens is 1. The smallest absolute Gasteiger partial charge is 0.250 e. The number of hydrogen-bond acceptors (Lipinski definition) is 4. The lowest BCUT2D eigenvalue weighted by Crippen LogP contribution is -2.59. The van der Waals surface area contributed by atoms with Gasteiger partial charge in [-0.1, -0.05) is 39.0 Å². The lowest BCUT2D eigenvalue weighted by atomic mass is 9.76. The van der Waals surface area contributed by atoms with Crippen LogP contribution in [-0.2, 0) is 9.22 Å². The summed E-state index contributed by atoms with van der Waals surface area (Å²) in [6, 6.07) is 12.5. The number of benzene rings is 2. The van der Waals surface area contributed by atoms with Gasteiger partial charge in [0.15, 0.2) is 8.32 Å². The highest BCUT2D eigenvalue weighted by Gasteiger charge is 2.51. The number of amides is 1. The molecule has 3 atom stereocenters. The monoisotopic (exact) mass is 589 g/mol. The maximum Gasteiger partial charge on any atom is 0.250 e. The molecule has 5 rings (SSSR count). The first-order chi connectivity index (χ1) is 19.7. The fraction of sp³-hybridized carbons (Fsp3) is 0.471. The molecule has 0 bridgehead atoms. The van der Waals surface area contributed by atoms with Crippen LogP contribution in [-0.4, -0.2) is 47.4 Å². The average molecular weight is 590 g/mol. The Morgan fingerprint density at radius 3 is 2.45 bits per heavy atom. The predicted octanol–water partition coefficient (Wildman–Crippen LogP) is 8.02. The first-order valence-electron chi connectivity index (χ1n) is 14.9. The van der Waals surface area contributed by atoms with Crippen molar-refractivity contribution in [2.45, 2.75) is 96.1 Å². The van der Waals surface area contributed by atoms with Crippen LogP contribution < -0.4 is 4.74 Å². The lowest BCUT2D eigenvalue weighted by Gasteiger charge is -2.55. The summed E-state index contributed by atoms with van der Waals surface area (Å²) < 4.78 is 28.7. The Balaban J connectivity index is 1.47. The molecule has 8 heteroatoms. The molecule has 1 amide bonds. The predicted molar refractivity (Wildman–Crippen MR) is 168 cm³/mol. The summed E-state index contributed by atoms with van der Waals surface area (Å²) in [6.45, 7) is 15.5. The highest BCUT2D eigenvalue weighted by atomic mass is 28.4. The number of nitrogens with zero attached hydrogens (tertiary/aromatic N) is 3. The maximum atomic E-state index is 14.2. The maximum absolute atomic E-state index is 14.2. The summed E-state index contributed by atoms with van der Waals surface area (Å²) in [7, 11) is -0.419. The van der Waals surface area contributed by atoms with E-state index in [0.717, 1.165) is 40.9 Å². The van der Waals surface area contributed by atoms with Gasteiger partial charge in [-0.2, -0.15) is 0 Å². The van der Waals surface area contributed by atoms with Crippen LogP contribution in [0.1, 0.15) is 76.2 Å². The first kappa shape index (κ1) is 30.2. The van der Waals surface area contributed by atoms with Crippen LogP contribution in [0.25, 0.3) is 11.8 Å². The van der Waals surface area contributed by atoms with Crippen LogP contribution in [0, 0.1) is 12.7 Å². The summed E-state index contributed by atoms with van der Waals surface area (Å²) in [6.07, 6.45) is 8.73. The molecule has 6 nitrogen and oxygen atoms in total. The highest BCUT2D eigenvalue weighted by Crippen LogP contribution is 2.49. The number of aromatic nitrogens is 2. The van der Waals surface area contributed by atoms with Crippen LogP contribution in [0.4, 0.5) is 4.39 Å². The summed E-state index contributed by atoms with van der Waals surface area (Å²) in [5.74, 6) is 0.479. The van der Waals surface area contributed by atoms with Gasteiger partial charge in [-0.15, -0.1) is 0 Å². The third kappa shape index (κ3) is 5.97. The van der Waals surface area contributed by atoms with Gasteiger partial charge in [0.05, 0.1) is 36.5 Å². The van der Waals surface area contributed by atoms with Gasteiger partial charge in [0, 0.05) is 17.8 Å². The van der Waals surface area contributed by atoms with Crippen LogP contribution in [0.15, 0.2) is 60.6 Å². The highest BCUT2D eigenvalue weighted by molar-refractivity contribution is 6.74. The Labute approximate surface area is 250 Å². The van der Waals surface area contributed by atoms with Crippen molar-refractivity contribution >= 4 is 20.3 Å². The third-order valence-corrected chi connectivity index (χ3v) is 14.0. The fourth-order valence-electron chi connectivity index (χ4n) is 6.29. The van der Waals surface area contributed by atoms with Gasteiger partial charge in [-0.25, -0.2) is 9.37 Å². The normalized spacial score (nSPS) is 24.2. The number of hydrogen-bond donors (Lipinski definition) is 0. The summed E-state index contributed by atoms with van der Waals surface area (Å²) in [4.78, 5) is 20.6. The van der Waals surface area contributed by atoms with Crippen molar-refractivity contribution < 1.29 is 18.3 Å². The quantitative estimate of drug-likeness (QED) is 0.216. The molecule has 2 fully saturated rings. The molecular weight excluding hydrogens is 545 g/mol. The molecule has 2 aliphatic rings. The Hall–Kier alpha value is -3.23. The largest absolute Gasteiger partial charge is 0.495 e. The Bertz CT molecular complexity index is 1490. The molecule has 2 saturated heterocycles. The van der Waals surface area contributed by atoms with Crippen LogP contribution in [0.2, 0.25) is 18.1 Å². The molecule has 3 heterocycles. The molecule has 0 saturated carbocycles. The Kier molecular flexibility index (Phi) is 8.00. The summed E-state index contributed by atoms with van der Waals surface area (Å²) in [5.41, 5.74) is 4.08. The van der Waals surface area contributed by atoms with E-state index in [1.807, 2.05) is 54.1 Å². The van der Waals surface area contributed by atoms with E-state index >= 15 is 0 Å². The van der Waals surface area contributed by atoms with E-state index in [1.165, 1.54) is 12.1 Å². The molecular formula is C34H44FN3O3Si. The van der Waals surface area contributed by atoms with Crippen molar-refractivity contribution in [3.63, 3.8) is 0 Å². The second-order valence-electron chi connectivity index (χ2n) is 13.7. The number of ether oxygens (including phenoxy) is 1. The number of rotatable bonds is 6. The number of aryl methyl sites for hydroxylation is 1. The Morgan fingerprint density at radius 1 is 1.12 bits per heavy atom. The molecule has 224 valence electrons. The van der Waals surface area contributed by atoms with E-state index in [1.54, 1.807) is 13.4 Å². The third-order valence-electron chi connectivity index (χ3n) is 9.37. The van der Waals surface area contributed by atoms with E-state index < -0.39 is 8.32 Å². The zero-order valence-corrected chi connectivity index (χ0v) is 27.2. The van der Waals surface area contributed by atoms with Gasteiger partial charge in [-0.05, 0) is 99.1 Å².